The maximum atomic E-state index is 9.82. The van der Waals surface area contributed by atoms with Crippen molar-refractivity contribution in [3.05, 3.63) is 78.0 Å². The Hall–Kier alpha value is -3.60. The average Bonchev–Trinajstić information content (AvgIpc) is 2.97. The molecule has 0 fully saturated rings. The van der Waals surface area contributed by atoms with Crippen molar-refractivity contribution >= 4 is 17.7 Å². The van der Waals surface area contributed by atoms with Crippen molar-refractivity contribution < 1.29 is 10.2 Å². The van der Waals surface area contributed by atoms with Gasteiger partial charge in [-0.25, -0.2) is 9.98 Å². The fourth-order valence-electron chi connectivity index (χ4n) is 2.84. The molecule has 5 nitrogen and oxygen atoms in total. The molecule has 26 heavy (non-hydrogen) atoms. The number of aromatic hydroxyl groups is 2. The molecule has 4 rings (SSSR count). The number of phenolic OH excluding ortho intramolecular Hbond substituents is 2. The first-order valence-electron chi connectivity index (χ1n) is 8.21. The Kier molecular flexibility index (Phi) is 3.89. The van der Waals surface area contributed by atoms with Crippen molar-refractivity contribution in [1.82, 2.24) is 9.38 Å². The summed E-state index contributed by atoms with van der Waals surface area (Å²) >= 11 is 0. The number of imidazole rings is 1. The Bertz CT molecular complexity index is 1130. The van der Waals surface area contributed by atoms with Crippen LogP contribution in [-0.4, -0.2) is 25.8 Å². The molecule has 0 spiro atoms. The third-order valence-corrected chi connectivity index (χ3v) is 4.08. The molecule has 2 aromatic heterocycles. The van der Waals surface area contributed by atoms with E-state index in [1.54, 1.807) is 42.6 Å². The molecule has 2 heterocycles. The molecule has 2 N–H and O–H groups in total. The first-order valence-corrected chi connectivity index (χ1v) is 8.21. The van der Waals surface area contributed by atoms with E-state index >= 15 is 0 Å². The minimum absolute atomic E-state index is 0.179. The van der Waals surface area contributed by atoms with Gasteiger partial charge in [-0.1, -0.05) is 24.3 Å². The van der Waals surface area contributed by atoms with Crippen LogP contribution in [0, 0.1) is 6.92 Å². The molecular formula is C21H17N3O2. The van der Waals surface area contributed by atoms with E-state index in [4.69, 9.17) is 4.98 Å². The lowest BCUT2D eigenvalue weighted by molar-refractivity contribution is 0.475. The largest absolute Gasteiger partial charge is 0.508 e. The number of phenols is 2. The molecule has 0 radical (unpaired) electrons. The monoisotopic (exact) mass is 343 g/mol. The van der Waals surface area contributed by atoms with Crippen molar-refractivity contribution in [2.45, 2.75) is 6.92 Å². The van der Waals surface area contributed by atoms with E-state index in [2.05, 4.69) is 4.99 Å². The summed E-state index contributed by atoms with van der Waals surface area (Å²) in [5, 5.41) is 19.5. The third-order valence-electron chi connectivity index (χ3n) is 4.08. The van der Waals surface area contributed by atoms with Gasteiger partial charge >= 0.3 is 0 Å². The van der Waals surface area contributed by atoms with Crippen molar-refractivity contribution in [2.75, 3.05) is 0 Å². The van der Waals surface area contributed by atoms with Crippen LogP contribution in [0.25, 0.3) is 16.9 Å². The lowest BCUT2D eigenvalue weighted by atomic mass is 10.1. The van der Waals surface area contributed by atoms with E-state index in [-0.39, 0.29) is 11.5 Å². The predicted octanol–water partition coefficient (Wildman–Crippen LogP) is 4.47. The van der Waals surface area contributed by atoms with E-state index in [1.807, 2.05) is 41.8 Å². The van der Waals surface area contributed by atoms with Crippen LogP contribution in [0.1, 0.15) is 11.1 Å². The van der Waals surface area contributed by atoms with Gasteiger partial charge in [-0.15, -0.1) is 0 Å². The molecular weight excluding hydrogens is 326 g/mol. The van der Waals surface area contributed by atoms with E-state index in [1.165, 1.54) is 0 Å². The second-order valence-corrected chi connectivity index (χ2v) is 6.12. The van der Waals surface area contributed by atoms with Gasteiger partial charge in [-0.05, 0) is 54.4 Å². The normalized spacial score (nSPS) is 11.4. The molecule has 2 aromatic carbocycles. The SMILES string of the molecule is Cc1ccn2c(/N=C/c3cccc(O)c3)c(-c3cccc(O)c3)nc2c1. The Morgan fingerprint density at radius 1 is 0.962 bits per heavy atom. The van der Waals surface area contributed by atoms with Gasteiger partial charge in [0.25, 0.3) is 0 Å². The molecule has 0 atom stereocenters. The summed E-state index contributed by atoms with van der Waals surface area (Å²) in [5.74, 6) is 1.03. The number of rotatable bonds is 3. The molecule has 5 heteroatoms. The number of benzene rings is 2. The number of aromatic nitrogens is 2. The number of hydrogen-bond acceptors (Lipinski definition) is 4. The smallest absolute Gasteiger partial charge is 0.165 e. The van der Waals surface area contributed by atoms with Gasteiger partial charge in [0.15, 0.2) is 5.82 Å². The summed E-state index contributed by atoms with van der Waals surface area (Å²) in [5.41, 5.74) is 4.14. The lowest BCUT2D eigenvalue weighted by Gasteiger charge is -2.02. The summed E-state index contributed by atoms with van der Waals surface area (Å²) in [7, 11) is 0. The number of nitrogens with zero attached hydrogens (tertiary/aromatic N) is 3. The van der Waals surface area contributed by atoms with Gasteiger partial charge in [0.2, 0.25) is 0 Å². The Morgan fingerprint density at radius 2 is 1.73 bits per heavy atom. The molecule has 0 unspecified atom stereocenters. The van der Waals surface area contributed by atoms with Crippen LogP contribution in [0.3, 0.4) is 0 Å². The van der Waals surface area contributed by atoms with Crippen molar-refractivity contribution in [3.63, 3.8) is 0 Å². The Balaban J connectivity index is 1.89. The lowest BCUT2D eigenvalue weighted by Crippen LogP contribution is -1.86. The molecule has 4 aromatic rings. The highest BCUT2D eigenvalue weighted by atomic mass is 16.3. The molecule has 0 aliphatic rings. The highest BCUT2D eigenvalue weighted by molar-refractivity contribution is 5.85. The molecule has 0 saturated heterocycles. The number of pyridine rings is 1. The van der Waals surface area contributed by atoms with Gasteiger partial charge in [0.1, 0.15) is 22.8 Å². The molecule has 128 valence electrons. The van der Waals surface area contributed by atoms with Gasteiger partial charge < -0.3 is 10.2 Å². The first-order chi connectivity index (χ1) is 12.6. The minimum atomic E-state index is 0.179. The highest BCUT2D eigenvalue weighted by Crippen LogP contribution is 2.32. The van der Waals surface area contributed by atoms with Crippen LogP contribution in [0.2, 0.25) is 0 Å². The Morgan fingerprint density at radius 3 is 2.50 bits per heavy atom. The number of fused-ring (bicyclic) bond motifs is 1. The molecule has 0 bridgehead atoms. The van der Waals surface area contributed by atoms with Crippen LogP contribution >= 0.6 is 0 Å². The molecule has 0 amide bonds. The van der Waals surface area contributed by atoms with Crippen LogP contribution in [-0.2, 0) is 0 Å². The second-order valence-electron chi connectivity index (χ2n) is 6.12. The zero-order valence-electron chi connectivity index (χ0n) is 14.2. The maximum absolute atomic E-state index is 9.82. The van der Waals surface area contributed by atoms with Gasteiger partial charge in [0, 0.05) is 18.0 Å². The van der Waals surface area contributed by atoms with Gasteiger partial charge in [0.05, 0.1) is 0 Å². The third kappa shape index (κ3) is 3.02. The summed E-state index contributed by atoms with van der Waals surface area (Å²) in [4.78, 5) is 9.33. The summed E-state index contributed by atoms with van der Waals surface area (Å²) < 4.78 is 1.91. The standard InChI is InChI=1S/C21H17N3O2/c1-14-8-9-24-19(10-14)23-20(16-5-3-7-18(26)12-16)21(24)22-13-15-4-2-6-17(25)11-15/h2-13,25-26H,1H3/b22-13+. The maximum Gasteiger partial charge on any atom is 0.165 e. The highest BCUT2D eigenvalue weighted by Gasteiger charge is 2.14. The van der Waals surface area contributed by atoms with Gasteiger partial charge in [-0.3, -0.25) is 4.40 Å². The van der Waals surface area contributed by atoms with E-state index in [9.17, 15) is 10.2 Å². The second kappa shape index (κ2) is 6.37. The summed E-state index contributed by atoms with van der Waals surface area (Å²) in [6.07, 6.45) is 3.62. The van der Waals surface area contributed by atoms with Crippen LogP contribution in [0.4, 0.5) is 5.82 Å². The van der Waals surface area contributed by atoms with Crippen molar-refractivity contribution in [2.24, 2.45) is 4.99 Å². The van der Waals surface area contributed by atoms with E-state index in [0.29, 0.717) is 11.5 Å². The molecule has 0 aliphatic carbocycles. The van der Waals surface area contributed by atoms with E-state index < -0.39 is 0 Å². The minimum Gasteiger partial charge on any atom is -0.508 e. The fourth-order valence-corrected chi connectivity index (χ4v) is 2.84. The Labute approximate surface area is 150 Å². The van der Waals surface area contributed by atoms with Crippen molar-refractivity contribution in [3.8, 4) is 22.8 Å². The number of aryl methyl sites for hydroxylation is 1. The quantitative estimate of drug-likeness (QED) is 0.539. The van der Waals surface area contributed by atoms with Crippen LogP contribution < -0.4 is 0 Å². The summed E-state index contributed by atoms with van der Waals surface area (Å²) in [6, 6.07) is 17.8. The molecule has 0 aliphatic heterocycles. The van der Waals surface area contributed by atoms with E-state index in [0.717, 1.165) is 22.3 Å². The zero-order valence-corrected chi connectivity index (χ0v) is 14.2. The topological polar surface area (TPSA) is 70.1 Å². The van der Waals surface area contributed by atoms with Crippen LogP contribution in [0.5, 0.6) is 11.5 Å². The van der Waals surface area contributed by atoms with Crippen molar-refractivity contribution in [1.29, 1.82) is 0 Å². The number of aliphatic imine (C=N–C) groups is 1. The summed E-state index contributed by atoms with van der Waals surface area (Å²) in [6.45, 7) is 2.01. The zero-order chi connectivity index (χ0) is 18.1. The molecule has 0 saturated carbocycles. The average molecular weight is 343 g/mol. The van der Waals surface area contributed by atoms with Gasteiger partial charge in [-0.2, -0.15) is 0 Å². The predicted molar refractivity (Wildman–Crippen MR) is 102 cm³/mol. The number of hydrogen-bond donors (Lipinski definition) is 2. The fraction of sp³-hybridized carbons (Fsp3) is 0.0476. The van der Waals surface area contributed by atoms with Crippen LogP contribution in [0.15, 0.2) is 71.9 Å². The first kappa shape index (κ1) is 15.9.